The van der Waals surface area contributed by atoms with E-state index in [0.29, 0.717) is 10.6 Å². The van der Waals surface area contributed by atoms with Gasteiger partial charge in [0.15, 0.2) is 0 Å². The van der Waals surface area contributed by atoms with Crippen molar-refractivity contribution in [2.45, 2.75) is 37.4 Å². The van der Waals surface area contributed by atoms with Crippen LogP contribution in [0.5, 0.6) is 0 Å². The number of rotatable bonds is 5. The zero-order valence-corrected chi connectivity index (χ0v) is 15.4. The number of thiophene rings is 1. The molecule has 6 heteroatoms. The van der Waals surface area contributed by atoms with Crippen LogP contribution in [0, 0.1) is 13.8 Å². The fourth-order valence-corrected chi connectivity index (χ4v) is 5.55. The topological polar surface area (TPSA) is 46.2 Å². The molecule has 1 heterocycles. The Morgan fingerprint density at radius 2 is 1.86 bits per heavy atom. The molecule has 114 valence electrons. The summed E-state index contributed by atoms with van der Waals surface area (Å²) in [6.07, 6.45) is 0.702. The second kappa shape index (κ2) is 6.60. The second-order valence-corrected chi connectivity index (χ2v) is 9.33. The molecule has 21 heavy (non-hydrogen) atoms. The van der Waals surface area contributed by atoms with Gasteiger partial charge in [-0.1, -0.05) is 36.8 Å². The van der Waals surface area contributed by atoms with E-state index in [9.17, 15) is 8.42 Å². The van der Waals surface area contributed by atoms with Crippen molar-refractivity contribution in [1.82, 2.24) is 4.72 Å². The Morgan fingerprint density at radius 3 is 2.33 bits per heavy atom. The zero-order chi connectivity index (χ0) is 15.6. The van der Waals surface area contributed by atoms with Crippen molar-refractivity contribution < 1.29 is 8.42 Å². The highest BCUT2D eigenvalue weighted by Gasteiger charge is 2.22. The van der Waals surface area contributed by atoms with E-state index in [2.05, 4.69) is 20.7 Å². The van der Waals surface area contributed by atoms with Gasteiger partial charge in [-0.25, -0.2) is 13.1 Å². The summed E-state index contributed by atoms with van der Waals surface area (Å²) in [7, 11) is -3.49. The van der Waals surface area contributed by atoms with Gasteiger partial charge in [0.05, 0.1) is 3.79 Å². The maximum absolute atomic E-state index is 12.5. The maximum atomic E-state index is 12.5. The van der Waals surface area contributed by atoms with E-state index in [-0.39, 0.29) is 6.04 Å². The largest absolute Gasteiger partial charge is 0.250 e. The summed E-state index contributed by atoms with van der Waals surface area (Å²) in [6, 6.07) is 9.43. The maximum Gasteiger partial charge on any atom is 0.250 e. The predicted molar refractivity (Wildman–Crippen MR) is 91.3 cm³/mol. The molecule has 0 saturated carbocycles. The van der Waals surface area contributed by atoms with Gasteiger partial charge in [-0.3, -0.25) is 0 Å². The highest BCUT2D eigenvalue weighted by Crippen LogP contribution is 2.31. The summed E-state index contributed by atoms with van der Waals surface area (Å²) in [5, 5.41) is 0. The van der Waals surface area contributed by atoms with Crippen molar-refractivity contribution in [3.63, 3.8) is 0 Å². The lowest BCUT2D eigenvalue weighted by Gasteiger charge is -2.17. The molecule has 2 aromatic rings. The van der Waals surface area contributed by atoms with Crippen LogP contribution >= 0.6 is 27.3 Å². The van der Waals surface area contributed by atoms with Crippen LogP contribution in [0.2, 0.25) is 0 Å². The average molecular weight is 388 g/mol. The van der Waals surface area contributed by atoms with E-state index in [4.69, 9.17) is 0 Å². The molecule has 0 saturated heterocycles. The Kier molecular flexibility index (Phi) is 5.24. The minimum absolute atomic E-state index is 0.211. The smallest absolute Gasteiger partial charge is 0.206 e. The van der Waals surface area contributed by atoms with Gasteiger partial charge in [0.2, 0.25) is 0 Å². The minimum atomic E-state index is -3.49. The van der Waals surface area contributed by atoms with E-state index >= 15 is 0 Å². The molecule has 0 spiro atoms. The first-order valence-corrected chi connectivity index (χ1v) is 9.77. The molecule has 0 fully saturated rings. The van der Waals surface area contributed by atoms with Gasteiger partial charge in [-0.05, 0) is 53.4 Å². The molecule has 1 unspecified atom stereocenters. The molecule has 0 amide bonds. The number of hydrogen-bond donors (Lipinski definition) is 1. The lowest BCUT2D eigenvalue weighted by molar-refractivity contribution is 0.552. The monoisotopic (exact) mass is 387 g/mol. The summed E-state index contributed by atoms with van der Waals surface area (Å²) in [6.45, 7) is 5.88. The van der Waals surface area contributed by atoms with Crippen LogP contribution < -0.4 is 4.72 Å². The quantitative estimate of drug-likeness (QED) is 0.817. The number of sulfonamides is 1. The molecular formula is C15H18BrNO2S2. The first-order valence-electron chi connectivity index (χ1n) is 6.68. The van der Waals surface area contributed by atoms with Crippen molar-refractivity contribution in [1.29, 1.82) is 0 Å². The summed E-state index contributed by atoms with van der Waals surface area (Å²) in [5.41, 5.74) is 3.08. The van der Waals surface area contributed by atoms with Crippen LogP contribution in [0.15, 0.2) is 38.3 Å². The Bertz CT molecular complexity index is 701. The van der Waals surface area contributed by atoms with E-state index < -0.39 is 10.0 Å². The van der Waals surface area contributed by atoms with Gasteiger partial charge in [-0.15, -0.1) is 11.3 Å². The third-order valence-electron chi connectivity index (χ3n) is 3.28. The molecule has 1 aromatic carbocycles. The van der Waals surface area contributed by atoms with Crippen LogP contribution in [-0.2, 0) is 10.0 Å². The molecule has 0 aliphatic rings. The Morgan fingerprint density at radius 1 is 1.24 bits per heavy atom. The molecule has 0 bridgehead atoms. The molecule has 3 nitrogen and oxygen atoms in total. The molecule has 0 radical (unpaired) electrons. The molecule has 2 rings (SSSR count). The second-order valence-electron chi connectivity index (χ2n) is 5.01. The minimum Gasteiger partial charge on any atom is -0.206 e. The number of halogens is 1. The highest BCUT2D eigenvalue weighted by molar-refractivity contribution is 9.11. The number of aryl methyl sites for hydroxylation is 2. The lowest BCUT2D eigenvalue weighted by atomic mass is 10.0. The molecule has 1 atom stereocenters. The van der Waals surface area contributed by atoms with Crippen LogP contribution in [0.25, 0.3) is 0 Å². The fourth-order valence-electron chi connectivity index (χ4n) is 2.00. The van der Waals surface area contributed by atoms with Gasteiger partial charge in [0.25, 0.3) is 10.0 Å². The number of nitrogens with one attached hydrogen (secondary N) is 1. The van der Waals surface area contributed by atoms with Crippen LogP contribution in [0.1, 0.15) is 36.1 Å². The van der Waals surface area contributed by atoms with Gasteiger partial charge in [0.1, 0.15) is 4.21 Å². The van der Waals surface area contributed by atoms with Gasteiger partial charge in [-0.2, -0.15) is 0 Å². The SMILES string of the molecule is CCC(NS(=O)(=O)c1cc(C)c(Br)s1)c1ccc(C)cc1. The van der Waals surface area contributed by atoms with E-state index in [1.807, 2.05) is 45.0 Å². The van der Waals surface area contributed by atoms with Crippen LogP contribution in [0.3, 0.4) is 0 Å². The van der Waals surface area contributed by atoms with Gasteiger partial charge < -0.3 is 0 Å². The van der Waals surface area contributed by atoms with Crippen molar-refractivity contribution in [2.24, 2.45) is 0 Å². The summed E-state index contributed by atoms with van der Waals surface area (Å²) >= 11 is 4.61. The molecule has 1 aromatic heterocycles. The lowest BCUT2D eigenvalue weighted by Crippen LogP contribution is -2.27. The van der Waals surface area contributed by atoms with Gasteiger partial charge >= 0.3 is 0 Å². The Hall–Kier alpha value is -0.690. The first-order chi connectivity index (χ1) is 9.83. The highest BCUT2D eigenvalue weighted by atomic mass is 79.9. The van der Waals surface area contributed by atoms with E-state index in [0.717, 1.165) is 20.5 Å². The molecular weight excluding hydrogens is 370 g/mol. The predicted octanol–water partition coefficient (Wildman–Crippen LogP) is 4.56. The average Bonchev–Trinajstić information content (AvgIpc) is 2.78. The third-order valence-corrected chi connectivity index (χ3v) is 7.37. The van der Waals surface area contributed by atoms with Gasteiger partial charge in [0, 0.05) is 6.04 Å². The molecule has 0 aliphatic carbocycles. The fraction of sp³-hybridized carbons (Fsp3) is 0.333. The molecule has 1 N–H and O–H groups in total. The summed E-state index contributed by atoms with van der Waals surface area (Å²) in [4.78, 5) is 0. The Balaban J connectivity index is 2.27. The first kappa shape index (κ1) is 16.7. The third kappa shape index (κ3) is 3.94. The van der Waals surface area contributed by atoms with Crippen LogP contribution in [-0.4, -0.2) is 8.42 Å². The van der Waals surface area contributed by atoms with E-state index in [1.165, 1.54) is 11.3 Å². The Labute approximate surface area is 138 Å². The van der Waals surface area contributed by atoms with Crippen molar-refractivity contribution in [3.05, 3.63) is 50.8 Å². The van der Waals surface area contributed by atoms with Crippen LogP contribution in [0.4, 0.5) is 0 Å². The number of benzene rings is 1. The number of hydrogen-bond acceptors (Lipinski definition) is 3. The van der Waals surface area contributed by atoms with Crippen molar-refractivity contribution in [3.8, 4) is 0 Å². The standard InChI is InChI=1S/C15H18BrNO2S2/c1-4-13(12-7-5-10(2)6-8-12)17-21(18,19)14-9-11(3)15(16)20-14/h5-9,13,17H,4H2,1-3H3. The summed E-state index contributed by atoms with van der Waals surface area (Å²) < 4.78 is 29.0. The summed E-state index contributed by atoms with van der Waals surface area (Å²) in [5.74, 6) is 0. The van der Waals surface area contributed by atoms with Crippen molar-refractivity contribution >= 4 is 37.3 Å². The zero-order valence-electron chi connectivity index (χ0n) is 12.2. The van der Waals surface area contributed by atoms with E-state index in [1.54, 1.807) is 6.07 Å². The van der Waals surface area contributed by atoms with Crippen molar-refractivity contribution in [2.75, 3.05) is 0 Å². The molecule has 0 aliphatic heterocycles. The normalized spacial score (nSPS) is 13.3.